The minimum absolute atomic E-state index is 0.102. The van der Waals surface area contributed by atoms with Gasteiger partial charge in [0.25, 0.3) is 0 Å². The normalized spacial score (nSPS) is 9.00. The van der Waals surface area contributed by atoms with Crippen molar-refractivity contribution in [2.24, 2.45) is 0 Å². The number of aromatic carboxylic acids is 1. The van der Waals surface area contributed by atoms with Crippen LogP contribution in [0.2, 0.25) is 5.02 Å². The number of rotatable bonds is 1. The molecule has 0 aliphatic rings. The SMILES string of the molecule is N#Cc1c(Cl)ccnc1C(=O)O. The first-order valence-corrected chi connectivity index (χ1v) is 3.32. The number of pyridine rings is 1. The summed E-state index contributed by atoms with van der Waals surface area (Å²) in [5.41, 5.74) is -0.420. The van der Waals surface area contributed by atoms with Crippen LogP contribution in [0, 0.1) is 11.3 Å². The van der Waals surface area contributed by atoms with Gasteiger partial charge in [0, 0.05) is 6.20 Å². The number of carbonyl (C=O) groups is 1. The van der Waals surface area contributed by atoms with Crippen LogP contribution in [0.1, 0.15) is 16.1 Å². The van der Waals surface area contributed by atoms with Crippen molar-refractivity contribution in [3.05, 3.63) is 28.5 Å². The van der Waals surface area contributed by atoms with Crippen LogP contribution in [0.15, 0.2) is 12.3 Å². The highest BCUT2D eigenvalue weighted by atomic mass is 35.5. The summed E-state index contributed by atoms with van der Waals surface area (Å²) >= 11 is 5.55. The van der Waals surface area contributed by atoms with Crippen molar-refractivity contribution in [2.75, 3.05) is 0 Å². The predicted molar refractivity (Wildman–Crippen MR) is 40.9 cm³/mol. The lowest BCUT2D eigenvalue weighted by molar-refractivity contribution is 0.0690. The molecule has 1 aromatic heterocycles. The van der Waals surface area contributed by atoms with Crippen LogP contribution in [0.3, 0.4) is 0 Å². The first-order chi connectivity index (χ1) is 5.66. The van der Waals surface area contributed by atoms with Crippen LogP contribution in [-0.2, 0) is 0 Å². The van der Waals surface area contributed by atoms with Gasteiger partial charge in [0.2, 0.25) is 0 Å². The number of halogens is 1. The molecule has 1 aromatic rings. The van der Waals surface area contributed by atoms with E-state index >= 15 is 0 Å². The second-order valence-corrected chi connectivity index (χ2v) is 2.34. The summed E-state index contributed by atoms with van der Waals surface area (Å²) in [5, 5.41) is 17.2. The Morgan fingerprint density at radius 1 is 1.75 bits per heavy atom. The summed E-state index contributed by atoms with van der Waals surface area (Å²) < 4.78 is 0. The van der Waals surface area contributed by atoms with Crippen LogP contribution in [0.4, 0.5) is 0 Å². The summed E-state index contributed by atoms with van der Waals surface area (Å²) in [6.07, 6.45) is 1.24. The molecular weight excluding hydrogens is 180 g/mol. The predicted octanol–water partition coefficient (Wildman–Crippen LogP) is 1.30. The van der Waals surface area contributed by atoms with E-state index in [0.29, 0.717) is 0 Å². The third-order valence-electron chi connectivity index (χ3n) is 1.21. The largest absolute Gasteiger partial charge is 0.476 e. The molecule has 0 fully saturated rings. The Morgan fingerprint density at radius 3 is 2.83 bits per heavy atom. The highest BCUT2D eigenvalue weighted by Gasteiger charge is 2.13. The van der Waals surface area contributed by atoms with E-state index < -0.39 is 5.97 Å². The monoisotopic (exact) mass is 182 g/mol. The van der Waals surface area contributed by atoms with Crippen LogP contribution in [0.25, 0.3) is 0 Å². The maximum absolute atomic E-state index is 10.5. The minimum Gasteiger partial charge on any atom is -0.476 e. The van der Waals surface area contributed by atoms with Gasteiger partial charge in [-0.15, -0.1) is 0 Å². The fourth-order valence-corrected chi connectivity index (χ4v) is 0.895. The van der Waals surface area contributed by atoms with Gasteiger partial charge in [-0.25, -0.2) is 9.78 Å². The van der Waals surface area contributed by atoms with E-state index in [1.807, 2.05) is 0 Å². The number of hydrogen-bond acceptors (Lipinski definition) is 3. The van der Waals surface area contributed by atoms with Crippen molar-refractivity contribution < 1.29 is 9.90 Å². The summed E-state index contributed by atoms with van der Waals surface area (Å²) in [6, 6.07) is 3.04. The van der Waals surface area contributed by atoms with Gasteiger partial charge >= 0.3 is 5.97 Å². The maximum atomic E-state index is 10.5. The van der Waals surface area contributed by atoms with Crippen molar-refractivity contribution in [2.45, 2.75) is 0 Å². The standard InChI is InChI=1S/C7H3ClN2O2/c8-5-1-2-10-6(7(11)12)4(5)3-9/h1-2H,(H,11,12). The fourth-order valence-electron chi connectivity index (χ4n) is 0.707. The number of hydrogen-bond donors (Lipinski definition) is 1. The zero-order chi connectivity index (χ0) is 9.14. The van der Waals surface area contributed by atoms with E-state index in [1.165, 1.54) is 12.3 Å². The molecule has 1 N–H and O–H groups in total. The van der Waals surface area contributed by atoms with E-state index in [9.17, 15) is 4.79 Å². The number of carboxylic acid groups (broad SMARTS) is 1. The molecule has 0 amide bonds. The molecule has 0 saturated carbocycles. The Hall–Kier alpha value is -1.60. The van der Waals surface area contributed by atoms with E-state index in [2.05, 4.69) is 4.98 Å². The molecule has 0 bridgehead atoms. The van der Waals surface area contributed by atoms with E-state index in [4.69, 9.17) is 22.0 Å². The van der Waals surface area contributed by atoms with Crippen LogP contribution >= 0.6 is 11.6 Å². The summed E-state index contributed by atoms with van der Waals surface area (Å²) in [5.74, 6) is -1.26. The van der Waals surface area contributed by atoms with Gasteiger partial charge in [-0.05, 0) is 6.07 Å². The second kappa shape index (κ2) is 3.20. The fraction of sp³-hybridized carbons (Fsp3) is 0. The van der Waals surface area contributed by atoms with Crippen LogP contribution in [-0.4, -0.2) is 16.1 Å². The third kappa shape index (κ3) is 1.36. The molecule has 1 rings (SSSR count). The lowest BCUT2D eigenvalue weighted by atomic mass is 10.2. The Labute approximate surface area is 73.0 Å². The molecule has 0 radical (unpaired) electrons. The van der Waals surface area contributed by atoms with Crippen molar-refractivity contribution >= 4 is 17.6 Å². The first-order valence-electron chi connectivity index (χ1n) is 2.94. The second-order valence-electron chi connectivity index (χ2n) is 1.93. The molecule has 5 heteroatoms. The van der Waals surface area contributed by atoms with Gasteiger partial charge in [0.05, 0.1) is 5.02 Å². The molecule has 4 nitrogen and oxygen atoms in total. The lowest BCUT2D eigenvalue weighted by Crippen LogP contribution is -2.03. The Morgan fingerprint density at radius 2 is 2.42 bits per heavy atom. The highest BCUT2D eigenvalue weighted by Crippen LogP contribution is 2.16. The molecule has 0 unspecified atom stereocenters. The number of nitrogens with zero attached hydrogens (tertiary/aromatic N) is 2. The van der Waals surface area contributed by atoms with Gasteiger partial charge in [-0.3, -0.25) is 0 Å². The van der Waals surface area contributed by atoms with Crippen molar-refractivity contribution in [3.8, 4) is 6.07 Å². The smallest absolute Gasteiger partial charge is 0.355 e. The minimum atomic E-state index is -1.26. The van der Waals surface area contributed by atoms with Gasteiger partial charge in [-0.2, -0.15) is 5.26 Å². The average molecular weight is 183 g/mol. The molecule has 60 valence electrons. The van der Waals surface area contributed by atoms with E-state index in [-0.39, 0.29) is 16.3 Å². The van der Waals surface area contributed by atoms with Crippen LogP contribution in [0.5, 0.6) is 0 Å². The topological polar surface area (TPSA) is 74.0 Å². The highest BCUT2D eigenvalue weighted by molar-refractivity contribution is 6.32. The van der Waals surface area contributed by atoms with Gasteiger partial charge in [0.15, 0.2) is 5.69 Å². The molecule has 0 aromatic carbocycles. The van der Waals surface area contributed by atoms with Gasteiger partial charge < -0.3 is 5.11 Å². The Kier molecular flexibility index (Phi) is 2.26. The number of nitriles is 1. The molecule has 0 saturated heterocycles. The molecule has 1 heterocycles. The maximum Gasteiger partial charge on any atom is 0.355 e. The first kappa shape index (κ1) is 8.50. The van der Waals surface area contributed by atoms with Gasteiger partial charge in [-0.1, -0.05) is 11.6 Å². The van der Waals surface area contributed by atoms with Crippen LogP contribution < -0.4 is 0 Å². The zero-order valence-corrected chi connectivity index (χ0v) is 6.54. The molecule has 12 heavy (non-hydrogen) atoms. The van der Waals surface area contributed by atoms with Crippen molar-refractivity contribution in [1.29, 1.82) is 5.26 Å². The molecule has 0 aliphatic heterocycles. The Bertz CT molecular complexity index is 370. The number of carboxylic acids is 1. The van der Waals surface area contributed by atoms with E-state index in [1.54, 1.807) is 6.07 Å². The van der Waals surface area contributed by atoms with E-state index in [0.717, 1.165) is 0 Å². The Balaban J connectivity index is 3.40. The molecule has 0 aliphatic carbocycles. The summed E-state index contributed by atoms with van der Waals surface area (Å²) in [4.78, 5) is 14.0. The average Bonchev–Trinajstić information content (AvgIpc) is 2.03. The third-order valence-corrected chi connectivity index (χ3v) is 1.53. The van der Waals surface area contributed by atoms with Crippen molar-refractivity contribution in [1.82, 2.24) is 4.98 Å². The summed E-state index contributed by atoms with van der Waals surface area (Å²) in [6.45, 7) is 0. The quantitative estimate of drug-likeness (QED) is 0.711. The zero-order valence-electron chi connectivity index (χ0n) is 5.78. The molecule has 0 spiro atoms. The lowest BCUT2D eigenvalue weighted by Gasteiger charge is -1.97. The molecular formula is C7H3ClN2O2. The van der Waals surface area contributed by atoms with Crippen molar-refractivity contribution in [3.63, 3.8) is 0 Å². The van der Waals surface area contributed by atoms with Gasteiger partial charge in [0.1, 0.15) is 11.6 Å². The molecule has 0 atom stereocenters. The summed E-state index contributed by atoms with van der Waals surface area (Å²) in [7, 11) is 0. The number of aromatic nitrogens is 1.